The largest absolute Gasteiger partial charge is 0.504 e. The molecule has 5 heteroatoms. The molecule has 0 spiro atoms. The number of rotatable bonds is 3. The average Bonchev–Trinajstić information content (AvgIpc) is 2.43. The molecule has 108 valence electrons. The number of hydrogen-bond acceptors (Lipinski definition) is 5. The predicted molar refractivity (Wildman–Crippen MR) is 76.7 cm³/mol. The van der Waals surface area contributed by atoms with Crippen LogP contribution < -0.4 is 4.74 Å². The van der Waals surface area contributed by atoms with Gasteiger partial charge in [0.2, 0.25) is 0 Å². The van der Waals surface area contributed by atoms with E-state index in [0.29, 0.717) is 11.8 Å². The Morgan fingerprint density at radius 3 is 2.80 bits per heavy atom. The Bertz CT molecular complexity index is 512. The molecule has 20 heavy (non-hydrogen) atoms. The molecule has 2 unspecified atom stereocenters. The van der Waals surface area contributed by atoms with E-state index >= 15 is 0 Å². The van der Waals surface area contributed by atoms with E-state index in [-0.39, 0.29) is 11.8 Å². The molecule has 1 heterocycles. The molecule has 1 aromatic rings. The van der Waals surface area contributed by atoms with Crippen molar-refractivity contribution in [2.75, 3.05) is 33.8 Å². The van der Waals surface area contributed by atoms with Crippen molar-refractivity contribution in [1.82, 2.24) is 9.80 Å². The molecule has 1 saturated heterocycles. The van der Waals surface area contributed by atoms with Gasteiger partial charge in [0.25, 0.3) is 0 Å². The summed E-state index contributed by atoms with van der Waals surface area (Å²) in [4.78, 5) is 4.47. The zero-order valence-electron chi connectivity index (χ0n) is 12.2. The number of phenolic OH excluding ortho intramolecular Hbond substituents is 1. The van der Waals surface area contributed by atoms with Gasteiger partial charge in [-0.05, 0) is 31.7 Å². The molecule has 5 nitrogen and oxygen atoms in total. The van der Waals surface area contributed by atoms with Crippen LogP contribution in [0.25, 0.3) is 0 Å². The van der Waals surface area contributed by atoms with Crippen LogP contribution in [0.5, 0.6) is 11.5 Å². The lowest BCUT2D eigenvalue weighted by Crippen LogP contribution is -2.51. The maximum Gasteiger partial charge on any atom is 0.160 e. The van der Waals surface area contributed by atoms with E-state index in [1.807, 2.05) is 0 Å². The van der Waals surface area contributed by atoms with E-state index in [2.05, 4.69) is 29.8 Å². The standard InChI is InChI=1S/C15H21N3O2/c1-11-10-17(2)6-7-18(11)13(9-16)12-4-5-14(19)15(8-12)20-3/h4-5,8,11,13,19H,6-7,10H2,1-3H3. The summed E-state index contributed by atoms with van der Waals surface area (Å²) in [5.41, 5.74) is 0.860. The first kappa shape index (κ1) is 14.6. The van der Waals surface area contributed by atoms with E-state index in [0.717, 1.165) is 25.2 Å². The molecule has 1 N–H and O–H groups in total. The minimum atomic E-state index is -0.312. The fourth-order valence-electron chi connectivity index (χ4n) is 2.74. The molecule has 0 aromatic heterocycles. The molecule has 2 rings (SSSR count). The Labute approximate surface area is 120 Å². The fourth-order valence-corrected chi connectivity index (χ4v) is 2.74. The van der Waals surface area contributed by atoms with Crippen molar-refractivity contribution in [3.05, 3.63) is 23.8 Å². The Morgan fingerprint density at radius 2 is 2.20 bits per heavy atom. The van der Waals surface area contributed by atoms with Gasteiger partial charge in [0, 0.05) is 25.7 Å². The normalized spacial score (nSPS) is 22.2. The van der Waals surface area contributed by atoms with Gasteiger partial charge in [-0.15, -0.1) is 0 Å². The van der Waals surface area contributed by atoms with Crippen molar-refractivity contribution in [2.45, 2.75) is 19.0 Å². The van der Waals surface area contributed by atoms with Gasteiger partial charge in [-0.25, -0.2) is 0 Å². The molecule has 1 aliphatic rings. The highest BCUT2D eigenvalue weighted by atomic mass is 16.5. The second kappa shape index (κ2) is 6.12. The summed E-state index contributed by atoms with van der Waals surface area (Å²) in [6, 6.07) is 7.50. The van der Waals surface area contributed by atoms with Crippen LogP contribution in [-0.4, -0.2) is 54.7 Å². The number of nitrogens with zero attached hydrogens (tertiary/aromatic N) is 3. The maximum atomic E-state index is 9.66. The second-order valence-electron chi connectivity index (χ2n) is 5.31. The third-order valence-electron chi connectivity index (χ3n) is 3.86. The molecular weight excluding hydrogens is 254 g/mol. The van der Waals surface area contributed by atoms with E-state index < -0.39 is 0 Å². The van der Waals surface area contributed by atoms with Gasteiger partial charge < -0.3 is 14.7 Å². The minimum Gasteiger partial charge on any atom is -0.504 e. The smallest absolute Gasteiger partial charge is 0.160 e. The summed E-state index contributed by atoms with van der Waals surface area (Å²) in [7, 11) is 3.61. The summed E-state index contributed by atoms with van der Waals surface area (Å²) in [5.74, 6) is 0.504. The summed E-state index contributed by atoms with van der Waals surface area (Å²) in [5, 5.41) is 19.2. The molecule has 1 fully saturated rings. The molecule has 0 saturated carbocycles. The SMILES string of the molecule is COc1cc(C(C#N)N2CCN(C)CC2C)ccc1O. The zero-order valence-corrected chi connectivity index (χ0v) is 12.2. The lowest BCUT2D eigenvalue weighted by Gasteiger charge is -2.40. The molecule has 0 radical (unpaired) electrons. The Morgan fingerprint density at radius 1 is 1.45 bits per heavy atom. The number of piperazine rings is 1. The highest BCUT2D eigenvalue weighted by molar-refractivity contribution is 5.43. The first-order valence-corrected chi connectivity index (χ1v) is 6.77. The molecule has 0 bridgehead atoms. The van der Waals surface area contributed by atoms with Gasteiger partial charge in [-0.2, -0.15) is 5.26 Å². The van der Waals surface area contributed by atoms with Gasteiger partial charge in [-0.3, -0.25) is 4.90 Å². The average molecular weight is 275 g/mol. The lowest BCUT2D eigenvalue weighted by molar-refractivity contribution is 0.0796. The van der Waals surface area contributed by atoms with E-state index in [1.54, 1.807) is 18.2 Å². The van der Waals surface area contributed by atoms with Crippen LogP contribution in [0.1, 0.15) is 18.5 Å². The number of likely N-dealkylation sites (N-methyl/N-ethyl adjacent to an activating group) is 1. The lowest BCUT2D eigenvalue weighted by atomic mass is 10.0. The van der Waals surface area contributed by atoms with Crippen LogP contribution in [-0.2, 0) is 0 Å². The Kier molecular flexibility index (Phi) is 4.48. The van der Waals surface area contributed by atoms with Gasteiger partial charge >= 0.3 is 0 Å². The van der Waals surface area contributed by atoms with Crippen molar-refractivity contribution in [1.29, 1.82) is 5.26 Å². The van der Waals surface area contributed by atoms with Gasteiger partial charge in [0.15, 0.2) is 11.5 Å². The minimum absolute atomic E-state index is 0.0966. The molecule has 1 aromatic carbocycles. The number of nitriles is 1. The van der Waals surface area contributed by atoms with Crippen molar-refractivity contribution in [3.8, 4) is 17.6 Å². The van der Waals surface area contributed by atoms with Crippen LogP contribution in [0.2, 0.25) is 0 Å². The van der Waals surface area contributed by atoms with Crippen LogP contribution in [0.3, 0.4) is 0 Å². The number of ether oxygens (including phenoxy) is 1. The van der Waals surface area contributed by atoms with Gasteiger partial charge in [-0.1, -0.05) is 6.07 Å². The van der Waals surface area contributed by atoms with E-state index in [4.69, 9.17) is 4.74 Å². The molecule has 0 aliphatic carbocycles. The van der Waals surface area contributed by atoms with Crippen molar-refractivity contribution >= 4 is 0 Å². The molecule has 1 aliphatic heterocycles. The molecule has 0 amide bonds. The van der Waals surface area contributed by atoms with Crippen LogP contribution in [0.4, 0.5) is 0 Å². The molecule has 2 atom stereocenters. The predicted octanol–water partition coefficient (Wildman–Crippen LogP) is 1.60. The number of benzene rings is 1. The fraction of sp³-hybridized carbons (Fsp3) is 0.533. The maximum absolute atomic E-state index is 9.66. The number of aromatic hydroxyl groups is 1. The van der Waals surface area contributed by atoms with Crippen LogP contribution in [0, 0.1) is 11.3 Å². The number of hydrogen-bond donors (Lipinski definition) is 1. The van der Waals surface area contributed by atoms with Crippen LogP contribution in [0.15, 0.2) is 18.2 Å². The molecular formula is C15H21N3O2. The highest BCUT2D eigenvalue weighted by Crippen LogP contribution is 2.32. The van der Waals surface area contributed by atoms with Crippen molar-refractivity contribution in [2.24, 2.45) is 0 Å². The summed E-state index contributed by atoms with van der Waals surface area (Å²) in [6.07, 6.45) is 0. The number of methoxy groups -OCH3 is 1. The Balaban J connectivity index is 2.26. The monoisotopic (exact) mass is 275 g/mol. The third kappa shape index (κ3) is 2.87. The summed E-state index contributed by atoms with van der Waals surface area (Å²) >= 11 is 0. The first-order valence-electron chi connectivity index (χ1n) is 6.77. The van der Waals surface area contributed by atoms with E-state index in [1.165, 1.54) is 7.11 Å². The van der Waals surface area contributed by atoms with Crippen molar-refractivity contribution < 1.29 is 9.84 Å². The topological polar surface area (TPSA) is 59.7 Å². The van der Waals surface area contributed by atoms with E-state index in [9.17, 15) is 10.4 Å². The Hall–Kier alpha value is -1.77. The summed E-state index contributed by atoms with van der Waals surface area (Å²) in [6.45, 7) is 4.90. The zero-order chi connectivity index (χ0) is 14.7. The summed E-state index contributed by atoms with van der Waals surface area (Å²) < 4.78 is 5.13. The second-order valence-corrected chi connectivity index (χ2v) is 5.31. The quantitative estimate of drug-likeness (QED) is 0.908. The highest BCUT2D eigenvalue weighted by Gasteiger charge is 2.29. The number of phenols is 1. The van der Waals surface area contributed by atoms with Gasteiger partial charge in [0.1, 0.15) is 6.04 Å². The van der Waals surface area contributed by atoms with Crippen molar-refractivity contribution in [3.63, 3.8) is 0 Å². The first-order chi connectivity index (χ1) is 9.56. The van der Waals surface area contributed by atoms with Crippen LogP contribution >= 0.6 is 0 Å². The third-order valence-corrected chi connectivity index (χ3v) is 3.86. The van der Waals surface area contributed by atoms with Gasteiger partial charge in [0.05, 0.1) is 13.2 Å².